The largest absolute Gasteiger partial charge is 0.491 e. The van der Waals surface area contributed by atoms with Crippen molar-refractivity contribution in [3.8, 4) is 5.75 Å². The van der Waals surface area contributed by atoms with Gasteiger partial charge in [-0.2, -0.15) is 0 Å². The molecule has 1 aromatic carbocycles. The maximum absolute atomic E-state index is 10.9. The SMILES string of the molecule is CSc1ccc(OCC2(O)CCC(C(=O)O)CC2)cc1. The first-order valence-electron chi connectivity index (χ1n) is 6.74. The summed E-state index contributed by atoms with van der Waals surface area (Å²) in [5.41, 5.74) is -0.899. The maximum atomic E-state index is 10.9. The van der Waals surface area contributed by atoms with E-state index in [4.69, 9.17) is 9.84 Å². The number of aliphatic carboxylic acids is 1. The van der Waals surface area contributed by atoms with Crippen LogP contribution in [0.15, 0.2) is 29.2 Å². The van der Waals surface area contributed by atoms with Gasteiger partial charge in [-0.15, -0.1) is 11.8 Å². The highest BCUT2D eigenvalue weighted by Crippen LogP contribution is 2.33. The highest BCUT2D eigenvalue weighted by atomic mass is 32.2. The highest BCUT2D eigenvalue weighted by molar-refractivity contribution is 7.98. The van der Waals surface area contributed by atoms with Crippen LogP contribution in [0.3, 0.4) is 0 Å². The summed E-state index contributed by atoms with van der Waals surface area (Å²) in [7, 11) is 0. The van der Waals surface area contributed by atoms with Crippen LogP contribution >= 0.6 is 11.8 Å². The number of thioether (sulfide) groups is 1. The van der Waals surface area contributed by atoms with E-state index in [0.29, 0.717) is 25.7 Å². The molecular formula is C15H20O4S. The molecule has 110 valence electrons. The molecule has 2 N–H and O–H groups in total. The summed E-state index contributed by atoms with van der Waals surface area (Å²) in [6.45, 7) is 0.220. The number of hydrogen-bond donors (Lipinski definition) is 2. The van der Waals surface area contributed by atoms with Gasteiger partial charge in [0.2, 0.25) is 0 Å². The standard InChI is InChI=1S/C15H20O4S/c1-20-13-4-2-12(3-5-13)19-10-15(18)8-6-11(7-9-15)14(16)17/h2-5,11,18H,6-10H2,1H3,(H,16,17). The molecule has 0 aromatic heterocycles. The van der Waals surface area contributed by atoms with Crippen LogP contribution in [0.5, 0.6) is 5.75 Å². The summed E-state index contributed by atoms with van der Waals surface area (Å²) in [5, 5.41) is 19.4. The van der Waals surface area contributed by atoms with Crippen molar-refractivity contribution in [1.29, 1.82) is 0 Å². The molecule has 4 nitrogen and oxygen atoms in total. The summed E-state index contributed by atoms with van der Waals surface area (Å²) in [5.74, 6) is -0.353. The van der Waals surface area contributed by atoms with Crippen LogP contribution in [0.1, 0.15) is 25.7 Å². The van der Waals surface area contributed by atoms with Crippen LogP contribution in [-0.4, -0.2) is 34.6 Å². The van der Waals surface area contributed by atoms with E-state index in [1.165, 1.54) is 0 Å². The van der Waals surface area contributed by atoms with Crippen molar-refractivity contribution in [3.05, 3.63) is 24.3 Å². The average molecular weight is 296 g/mol. The van der Waals surface area contributed by atoms with Crippen LogP contribution in [0.2, 0.25) is 0 Å². The van der Waals surface area contributed by atoms with Crippen LogP contribution < -0.4 is 4.74 Å². The summed E-state index contributed by atoms with van der Waals surface area (Å²) in [6, 6.07) is 7.73. The fourth-order valence-electron chi connectivity index (χ4n) is 2.44. The molecular weight excluding hydrogens is 276 g/mol. The smallest absolute Gasteiger partial charge is 0.306 e. The van der Waals surface area contributed by atoms with Crippen LogP contribution in [0, 0.1) is 5.92 Å². The molecule has 5 heteroatoms. The maximum Gasteiger partial charge on any atom is 0.306 e. The lowest BCUT2D eigenvalue weighted by atomic mass is 9.79. The second-order valence-corrected chi connectivity index (χ2v) is 6.18. The van der Waals surface area contributed by atoms with Gasteiger partial charge in [-0.05, 0) is 56.2 Å². The third kappa shape index (κ3) is 3.90. The lowest BCUT2D eigenvalue weighted by molar-refractivity contribution is -0.145. The molecule has 1 aliphatic rings. The van der Waals surface area contributed by atoms with Crippen LogP contribution in [0.4, 0.5) is 0 Å². The first-order valence-corrected chi connectivity index (χ1v) is 7.97. The number of benzene rings is 1. The van der Waals surface area contributed by atoms with Gasteiger partial charge in [0.15, 0.2) is 0 Å². The molecule has 1 saturated carbocycles. The Morgan fingerprint density at radius 2 is 1.95 bits per heavy atom. The number of rotatable bonds is 5. The van der Waals surface area contributed by atoms with Crippen molar-refractivity contribution in [3.63, 3.8) is 0 Å². The average Bonchev–Trinajstić information content (AvgIpc) is 2.46. The Morgan fingerprint density at radius 3 is 2.45 bits per heavy atom. The zero-order valence-corrected chi connectivity index (χ0v) is 12.4. The Bertz CT molecular complexity index is 449. The minimum absolute atomic E-state index is 0.220. The van der Waals surface area contributed by atoms with E-state index in [0.717, 1.165) is 10.6 Å². The molecule has 0 atom stereocenters. The molecule has 0 heterocycles. The minimum Gasteiger partial charge on any atom is -0.491 e. The summed E-state index contributed by atoms with van der Waals surface area (Å²) >= 11 is 1.67. The zero-order chi connectivity index (χ0) is 14.6. The van der Waals surface area contributed by atoms with Crippen LogP contribution in [-0.2, 0) is 4.79 Å². The molecule has 0 bridgehead atoms. The lowest BCUT2D eigenvalue weighted by Crippen LogP contribution is -2.41. The summed E-state index contributed by atoms with van der Waals surface area (Å²) < 4.78 is 5.64. The molecule has 20 heavy (non-hydrogen) atoms. The Hall–Kier alpha value is -1.20. The van der Waals surface area contributed by atoms with Gasteiger partial charge in [-0.3, -0.25) is 4.79 Å². The number of carbonyl (C=O) groups is 1. The van der Waals surface area contributed by atoms with Gasteiger partial charge in [0, 0.05) is 4.90 Å². The van der Waals surface area contributed by atoms with Crippen molar-refractivity contribution < 1.29 is 19.7 Å². The Balaban J connectivity index is 1.85. The number of hydrogen-bond acceptors (Lipinski definition) is 4. The van der Waals surface area contributed by atoms with Gasteiger partial charge in [0.25, 0.3) is 0 Å². The molecule has 0 radical (unpaired) electrons. The Kier molecular flexibility index (Phi) is 4.94. The van der Waals surface area contributed by atoms with Crippen LogP contribution in [0.25, 0.3) is 0 Å². The van der Waals surface area contributed by atoms with E-state index in [1.54, 1.807) is 11.8 Å². The molecule has 1 aliphatic carbocycles. The fraction of sp³-hybridized carbons (Fsp3) is 0.533. The second-order valence-electron chi connectivity index (χ2n) is 5.30. The predicted molar refractivity (Wildman–Crippen MR) is 78.3 cm³/mol. The third-order valence-electron chi connectivity index (χ3n) is 3.83. The van der Waals surface area contributed by atoms with Crippen molar-refractivity contribution in [2.24, 2.45) is 5.92 Å². The van der Waals surface area contributed by atoms with Gasteiger partial charge in [-0.1, -0.05) is 0 Å². The van der Waals surface area contributed by atoms with Crippen molar-refractivity contribution in [2.45, 2.75) is 36.2 Å². The third-order valence-corrected chi connectivity index (χ3v) is 4.58. The van der Waals surface area contributed by atoms with Gasteiger partial charge < -0.3 is 14.9 Å². The quantitative estimate of drug-likeness (QED) is 0.818. The van der Waals surface area contributed by atoms with E-state index in [2.05, 4.69) is 0 Å². The van der Waals surface area contributed by atoms with Gasteiger partial charge in [-0.25, -0.2) is 0 Å². The second kappa shape index (κ2) is 6.50. The van der Waals surface area contributed by atoms with E-state index in [1.807, 2.05) is 30.5 Å². The lowest BCUT2D eigenvalue weighted by Gasteiger charge is -2.34. The topological polar surface area (TPSA) is 66.8 Å². The van der Waals surface area contributed by atoms with Crippen molar-refractivity contribution in [1.82, 2.24) is 0 Å². The molecule has 2 rings (SSSR count). The summed E-state index contributed by atoms with van der Waals surface area (Å²) in [4.78, 5) is 12.1. The molecule has 0 amide bonds. The van der Waals surface area contributed by atoms with E-state index in [9.17, 15) is 9.90 Å². The molecule has 0 unspecified atom stereocenters. The zero-order valence-electron chi connectivity index (χ0n) is 11.5. The van der Waals surface area contributed by atoms with Crippen molar-refractivity contribution in [2.75, 3.05) is 12.9 Å². The minimum atomic E-state index is -0.899. The molecule has 0 saturated heterocycles. The van der Waals surface area contributed by atoms with Gasteiger partial charge in [0.1, 0.15) is 12.4 Å². The van der Waals surface area contributed by atoms with Gasteiger partial charge >= 0.3 is 5.97 Å². The Labute approximate surface area is 123 Å². The van der Waals surface area contributed by atoms with E-state index < -0.39 is 11.6 Å². The Morgan fingerprint density at radius 1 is 1.35 bits per heavy atom. The summed E-state index contributed by atoms with van der Waals surface area (Å²) in [6.07, 6.45) is 4.00. The molecule has 0 spiro atoms. The number of aliphatic hydroxyl groups is 1. The number of carboxylic acid groups (broad SMARTS) is 1. The number of ether oxygens (including phenoxy) is 1. The van der Waals surface area contributed by atoms with E-state index >= 15 is 0 Å². The molecule has 0 aliphatic heterocycles. The monoisotopic (exact) mass is 296 g/mol. The molecule has 1 aromatic rings. The fourth-order valence-corrected chi connectivity index (χ4v) is 2.84. The predicted octanol–water partition coefficient (Wildman–Crippen LogP) is 2.79. The molecule has 1 fully saturated rings. The van der Waals surface area contributed by atoms with E-state index in [-0.39, 0.29) is 12.5 Å². The first kappa shape index (κ1) is 15.2. The highest BCUT2D eigenvalue weighted by Gasteiger charge is 2.36. The first-order chi connectivity index (χ1) is 9.52. The van der Waals surface area contributed by atoms with Gasteiger partial charge in [0.05, 0.1) is 11.5 Å². The normalized spacial score (nSPS) is 26.2. The number of carboxylic acids is 1. The van der Waals surface area contributed by atoms with Crippen molar-refractivity contribution >= 4 is 17.7 Å².